The zero-order valence-corrected chi connectivity index (χ0v) is 18.7. The van der Waals surface area contributed by atoms with Crippen LogP contribution in [0.15, 0.2) is 48.5 Å². The summed E-state index contributed by atoms with van der Waals surface area (Å²) in [5.74, 6) is -2.60. The fourth-order valence-corrected chi connectivity index (χ4v) is 7.52. The molecule has 0 saturated carbocycles. The van der Waals surface area contributed by atoms with E-state index in [0.29, 0.717) is 0 Å². The summed E-state index contributed by atoms with van der Waals surface area (Å²) in [7, 11) is 0. The molecule has 2 amide bonds. The van der Waals surface area contributed by atoms with Gasteiger partial charge in [-0.2, -0.15) is 0 Å². The third-order valence-electron chi connectivity index (χ3n) is 6.27. The van der Waals surface area contributed by atoms with Crippen molar-refractivity contribution in [3.63, 3.8) is 0 Å². The number of likely N-dealkylation sites (tertiary alicyclic amines) is 1. The minimum atomic E-state index is -0.837. The van der Waals surface area contributed by atoms with E-state index in [2.05, 4.69) is 31.9 Å². The summed E-state index contributed by atoms with van der Waals surface area (Å²) in [6.07, 6.45) is 0. The molecule has 4 aliphatic rings. The molecule has 0 unspecified atom stereocenters. The van der Waals surface area contributed by atoms with Crippen molar-refractivity contribution in [2.75, 3.05) is 13.2 Å². The molecule has 1 aliphatic heterocycles. The first-order chi connectivity index (χ1) is 13.9. The van der Waals surface area contributed by atoms with Gasteiger partial charge in [-0.1, -0.05) is 80.4 Å². The first-order valence-corrected chi connectivity index (χ1v) is 11.0. The Morgan fingerprint density at radius 2 is 1.28 bits per heavy atom. The van der Waals surface area contributed by atoms with Gasteiger partial charge in [-0.05, 0) is 29.2 Å². The predicted molar refractivity (Wildman–Crippen MR) is 113 cm³/mol. The number of ether oxygens (including phenoxy) is 1. The van der Waals surface area contributed by atoms with E-state index in [0.717, 1.165) is 27.2 Å². The maximum Gasteiger partial charge on any atom is 0.326 e. The summed E-state index contributed by atoms with van der Waals surface area (Å²) in [5, 5.41) is 0. The van der Waals surface area contributed by atoms with Crippen molar-refractivity contribution in [1.82, 2.24) is 4.90 Å². The SMILES string of the molecule is CCOC(=O)CN1C(=O)[C@@H]2[C@@H](C1=O)C1(Br)c3ccccc3C2(Br)c2ccccc21. The van der Waals surface area contributed by atoms with Crippen molar-refractivity contribution in [2.45, 2.75) is 15.6 Å². The highest BCUT2D eigenvalue weighted by molar-refractivity contribution is 9.10. The minimum absolute atomic E-state index is 0.198. The Bertz CT molecular complexity index is 960. The highest BCUT2D eigenvalue weighted by Crippen LogP contribution is 2.70. The summed E-state index contributed by atoms with van der Waals surface area (Å²) < 4.78 is 3.32. The number of alkyl halides is 2. The fraction of sp³-hybridized carbons (Fsp3) is 0.318. The van der Waals surface area contributed by atoms with E-state index in [1.54, 1.807) is 6.92 Å². The molecule has 0 radical (unpaired) electrons. The van der Waals surface area contributed by atoms with Crippen LogP contribution in [0.4, 0.5) is 0 Å². The van der Waals surface area contributed by atoms with E-state index >= 15 is 0 Å². The molecule has 6 rings (SSSR count). The second-order valence-corrected chi connectivity index (χ2v) is 10.0. The number of carbonyl (C=O) groups is 3. The third-order valence-corrected chi connectivity index (χ3v) is 8.96. The predicted octanol–water partition coefficient (Wildman–Crippen LogP) is 3.45. The number of hydrogen-bond acceptors (Lipinski definition) is 4. The Morgan fingerprint density at radius 3 is 1.62 bits per heavy atom. The van der Waals surface area contributed by atoms with E-state index < -0.39 is 26.5 Å². The van der Waals surface area contributed by atoms with Gasteiger partial charge < -0.3 is 4.74 Å². The molecule has 7 heteroatoms. The van der Waals surface area contributed by atoms with Gasteiger partial charge in [0.05, 0.1) is 27.1 Å². The smallest absolute Gasteiger partial charge is 0.326 e. The van der Waals surface area contributed by atoms with Crippen molar-refractivity contribution in [3.8, 4) is 0 Å². The standard InChI is InChI=1S/C22H17Br2NO4/c1-2-29-16(26)11-25-19(27)17-18(20(25)28)22(24)13-8-4-3-7-12(13)21(17,23)14-9-5-6-10-15(14)22/h3-10,17-18H,2,11H2,1H3/t17-,18-,21?,22?/m0/s1. The molecule has 3 aliphatic carbocycles. The van der Waals surface area contributed by atoms with Gasteiger partial charge in [-0.15, -0.1) is 0 Å². The number of halogens is 2. The van der Waals surface area contributed by atoms with Gasteiger partial charge in [0, 0.05) is 0 Å². The number of nitrogens with zero attached hydrogens (tertiary/aromatic N) is 1. The lowest BCUT2D eigenvalue weighted by molar-refractivity contribution is -0.152. The Labute approximate surface area is 184 Å². The number of esters is 1. The van der Waals surface area contributed by atoms with Crippen LogP contribution >= 0.6 is 31.9 Å². The van der Waals surface area contributed by atoms with E-state index in [1.807, 2.05) is 48.5 Å². The largest absolute Gasteiger partial charge is 0.465 e. The lowest BCUT2D eigenvalue weighted by atomic mass is 9.54. The third kappa shape index (κ3) is 2.18. The normalized spacial score (nSPS) is 31.3. The van der Waals surface area contributed by atoms with Crippen LogP contribution < -0.4 is 0 Å². The van der Waals surface area contributed by atoms with Gasteiger partial charge in [0.1, 0.15) is 6.54 Å². The number of amides is 2. The number of rotatable bonds is 3. The molecule has 2 aromatic rings. The number of imide groups is 1. The number of hydrogen-bond donors (Lipinski definition) is 0. The van der Waals surface area contributed by atoms with Crippen molar-refractivity contribution < 1.29 is 19.1 Å². The van der Waals surface area contributed by atoms with Crippen LogP contribution in [0.5, 0.6) is 0 Å². The second kappa shape index (κ2) is 6.25. The first kappa shape index (κ1) is 19.0. The average Bonchev–Trinajstić information content (AvgIpc) is 2.98. The molecule has 2 aromatic carbocycles. The summed E-state index contributed by atoms with van der Waals surface area (Å²) in [4.78, 5) is 40.1. The fourth-order valence-electron chi connectivity index (χ4n) is 5.22. The molecule has 0 N–H and O–H groups in total. The van der Waals surface area contributed by atoms with Crippen LogP contribution in [0.1, 0.15) is 29.2 Å². The lowest BCUT2D eigenvalue weighted by Gasteiger charge is -2.55. The maximum absolute atomic E-state index is 13.5. The van der Waals surface area contributed by atoms with Gasteiger partial charge >= 0.3 is 5.97 Å². The van der Waals surface area contributed by atoms with Crippen molar-refractivity contribution in [1.29, 1.82) is 0 Å². The molecule has 148 valence electrons. The van der Waals surface area contributed by atoms with E-state index in [9.17, 15) is 14.4 Å². The van der Waals surface area contributed by atoms with Crippen LogP contribution in [0.3, 0.4) is 0 Å². The Kier molecular flexibility index (Phi) is 4.10. The highest BCUT2D eigenvalue weighted by Gasteiger charge is 2.72. The summed E-state index contributed by atoms with van der Waals surface area (Å²) >= 11 is 7.83. The quantitative estimate of drug-likeness (QED) is 0.354. The first-order valence-electron chi connectivity index (χ1n) is 9.45. The van der Waals surface area contributed by atoms with Gasteiger partial charge in [-0.25, -0.2) is 0 Å². The minimum Gasteiger partial charge on any atom is -0.465 e. The molecule has 2 atom stereocenters. The highest BCUT2D eigenvalue weighted by atomic mass is 79.9. The van der Waals surface area contributed by atoms with E-state index in [-0.39, 0.29) is 25.0 Å². The number of benzene rings is 2. The molecule has 2 bridgehead atoms. The van der Waals surface area contributed by atoms with Crippen molar-refractivity contribution in [2.24, 2.45) is 11.8 Å². The molecule has 1 heterocycles. The van der Waals surface area contributed by atoms with Gasteiger partial charge in [-0.3, -0.25) is 19.3 Å². The monoisotopic (exact) mass is 517 g/mol. The van der Waals surface area contributed by atoms with Crippen LogP contribution in [0, 0.1) is 11.8 Å². The maximum atomic E-state index is 13.5. The molecule has 1 fully saturated rings. The van der Waals surface area contributed by atoms with Crippen molar-refractivity contribution >= 4 is 49.6 Å². The molecule has 1 saturated heterocycles. The molecule has 0 spiro atoms. The van der Waals surface area contributed by atoms with E-state index in [1.165, 1.54) is 0 Å². The van der Waals surface area contributed by atoms with Crippen LogP contribution in [-0.4, -0.2) is 35.8 Å². The summed E-state index contributed by atoms with van der Waals surface area (Å²) in [6.45, 7) is 1.53. The molecule has 5 nitrogen and oxygen atoms in total. The number of carbonyl (C=O) groups excluding carboxylic acids is 3. The zero-order valence-electron chi connectivity index (χ0n) is 15.5. The van der Waals surface area contributed by atoms with Crippen LogP contribution in [-0.2, 0) is 27.8 Å². The zero-order chi connectivity index (χ0) is 20.6. The van der Waals surface area contributed by atoms with Gasteiger partial charge in [0.2, 0.25) is 11.8 Å². The van der Waals surface area contributed by atoms with E-state index in [4.69, 9.17) is 4.74 Å². The average molecular weight is 519 g/mol. The molecular weight excluding hydrogens is 502 g/mol. The molecule has 29 heavy (non-hydrogen) atoms. The molecular formula is C22H17Br2NO4. The molecule has 0 aromatic heterocycles. The van der Waals surface area contributed by atoms with Gasteiger partial charge in [0.25, 0.3) is 0 Å². The van der Waals surface area contributed by atoms with Gasteiger partial charge in [0.15, 0.2) is 0 Å². The lowest BCUT2D eigenvalue weighted by Crippen LogP contribution is -2.56. The summed E-state index contributed by atoms with van der Waals surface area (Å²) in [5.41, 5.74) is 3.87. The summed E-state index contributed by atoms with van der Waals surface area (Å²) in [6, 6.07) is 15.7. The second-order valence-electron chi connectivity index (χ2n) is 7.54. The van der Waals surface area contributed by atoms with Crippen LogP contribution in [0.2, 0.25) is 0 Å². The van der Waals surface area contributed by atoms with Crippen LogP contribution in [0.25, 0.3) is 0 Å². The topological polar surface area (TPSA) is 63.7 Å². The Morgan fingerprint density at radius 1 is 0.897 bits per heavy atom. The Hall–Kier alpha value is -1.99. The van der Waals surface area contributed by atoms with Crippen molar-refractivity contribution in [3.05, 3.63) is 70.8 Å². The Balaban J connectivity index is 1.75.